The Hall–Kier alpha value is -2.98. The summed E-state index contributed by atoms with van der Waals surface area (Å²) in [6.45, 7) is 1.26. The van der Waals surface area contributed by atoms with Crippen LogP contribution in [0.15, 0.2) is 47.4 Å². The van der Waals surface area contributed by atoms with Crippen molar-refractivity contribution in [2.24, 2.45) is 0 Å². The number of rotatable bonds is 5. The van der Waals surface area contributed by atoms with Crippen LogP contribution in [0.4, 0.5) is 20.6 Å². The van der Waals surface area contributed by atoms with Crippen LogP contribution in [0.2, 0.25) is 0 Å². The van der Waals surface area contributed by atoms with Crippen molar-refractivity contribution in [2.45, 2.75) is 24.2 Å². The number of para-hydroxylation sites is 2. The molecule has 2 heterocycles. The van der Waals surface area contributed by atoms with Gasteiger partial charge in [-0.1, -0.05) is 18.6 Å². The van der Waals surface area contributed by atoms with Gasteiger partial charge in [-0.15, -0.1) is 0 Å². The molecular weight excluding hydrogens is 425 g/mol. The van der Waals surface area contributed by atoms with E-state index >= 15 is 0 Å². The summed E-state index contributed by atoms with van der Waals surface area (Å²) in [5.74, 6) is -1.52. The van der Waals surface area contributed by atoms with Crippen LogP contribution in [0.5, 0.6) is 0 Å². The van der Waals surface area contributed by atoms with Crippen LogP contribution in [0.1, 0.15) is 29.6 Å². The van der Waals surface area contributed by atoms with Crippen LogP contribution in [0, 0.1) is 5.82 Å². The number of benzene rings is 2. The Balaban J connectivity index is 1.61. The fourth-order valence-corrected chi connectivity index (χ4v) is 5.32. The molecule has 10 heteroatoms. The number of carbonyl (C=O) groups excluding carboxylic acids is 2. The third-order valence-corrected chi connectivity index (χ3v) is 7.24. The van der Waals surface area contributed by atoms with Gasteiger partial charge in [0.05, 0.1) is 17.9 Å². The molecule has 1 N–H and O–H groups in total. The van der Waals surface area contributed by atoms with Gasteiger partial charge in [0, 0.05) is 18.7 Å². The van der Waals surface area contributed by atoms with Gasteiger partial charge in [0.25, 0.3) is 5.91 Å². The average Bonchev–Trinajstić information content (AvgIpc) is 3.20. The Morgan fingerprint density at radius 3 is 2.48 bits per heavy atom. The Kier molecular flexibility index (Phi) is 5.92. The molecule has 31 heavy (non-hydrogen) atoms. The molecule has 8 nitrogen and oxygen atoms in total. The number of carbonyl (C=O) groups is 2. The first-order valence-corrected chi connectivity index (χ1v) is 11.5. The molecule has 2 aliphatic heterocycles. The lowest BCUT2D eigenvalue weighted by molar-refractivity contribution is 0.102. The molecule has 0 atom stereocenters. The number of hydrogen-bond acceptors (Lipinski definition) is 5. The standard InChI is InChI=1S/C21H22FN3O5S/c22-16-9-8-15(14-19(16)31(28,29)24-10-4-1-5-11-24)20(26)23-17-6-2-3-7-18(17)25-12-13-30-21(25)27/h2-3,6-9,14H,1,4-5,10-13H2,(H,23,26). The maximum Gasteiger partial charge on any atom is 0.414 e. The van der Waals surface area contributed by atoms with E-state index in [1.54, 1.807) is 24.3 Å². The summed E-state index contributed by atoms with van der Waals surface area (Å²) in [6, 6.07) is 9.96. The second kappa shape index (κ2) is 8.64. The second-order valence-electron chi connectivity index (χ2n) is 7.35. The van der Waals surface area contributed by atoms with Crippen LogP contribution in [0.3, 0.4) is 0 Å². The molecule has 2 amide bonds. The van der Waals surface area contributed by atoms with E-state index in [0.717, 1.165) is 31.4 Å². The third-order valence-electron chi connectivity index (χ3n) is 5.33. The number of amides is 2. The van der Waals surface area contributed by atoms with Gasteiger partial charge in [-0.3, -0.25) is 9.69 Å². The van der Waals surface area contributed by atoms with Gasteiger partial charge in [0.1, 0.15) is 17.3 Å². The van der Waals surface area contributed by atoms with Crippen molar-refractivity contribution in [3.8, 4) is 0 Å². The molecule has 0 bridgehead atoms. The highest BCUT2D eigenvalue weighted by molar-refractivity contribution is 7.89. The minimum Gasteiger partial charge on any atom is -0.447 e. The summed E-state index contributed by atoms with van der Waals surface area (Å²) in [6.07, 6.45) is 1.85. The smallest absolute Gasteiger partial charge is 0.414 e. The molecule has 2 aliphatic rings. The van der Waals surface area contributed by atoms with Crippen molar-refractivity contribution < 1.29 is 27.1 Å². The van der Waals surface area contributed by atoms with Gasteiger partial charge >= 0.3 is 6.09 Å². The monoisotopic (exact) mass is 447 g/mol. The largest absolute Gasteiger partial charge is 0.447 e. The lowest BCUT2D eigenvalue weighted by Crippen LogP contribution is -2.36. The van der Waals surface area contributed by atoms with E-state index in [2.05, 4.69) is 5.32 Å². The Morgan fingerprint density at radius 2 is 1.77 bits per heavy atom. The van der Waals surface area contributed by atoms with Gasteiger partial charge in [0.2, 0.25) is 10.0 Å². The van der Waals surface area contributed by atoms with Crippen LogP contribution >= 0.6 is 0 Å². The average molecular weight is 447 g/mol. The number of cyclic esters (lactones) is 1. The van der Waals surface area contributed by atoms with Crippen LogP contribution in [0.25, 0.3) is 0 Å². The van der Waals surface area contributed by atoms with Crippen molar-refractivity contribution >= 4 is 33.4 Å². The summed E-state index contributed by atoms with van der Waals surface area (Å²) in [5, 5.41) is 2.68. The molecule has 2 fully saturated rings. The highest BCUT2D eigenvalue weighted by Crippen LogP contribution is 2.29. The number of nitrogens with zero attached hydrogens (tertiary/aromatic N) is 2. The summed E-state index contributed by atoms with van der Waals surface area (Å²) in [7, 11) is -4.04. The molecule has 164 valence electrons. The summed E-state index contributed by atoms with van der Waals surface area (Å²) >= 11 is 0. The van der Waals surface area contributed by atoms with Gasteiger partial charge in [0.15, 0.2) is 0 Å². The van der Waals surface area contributed by atoms with Crippen LogP contribution < -0.4 is 10.2 Å². The van der Waals surface area contributed by atoms with E-state index in [-0.39, 0.29) is 12.2 Å². The van der Waals surface area contributed by atoms with Gasteiger partial charge < -0.3 is 10.1 Å². The first kappa shape index (κ1) is 21.3. The van der Waals surface area contributed by atoms with Crippen molar-refractivity contribution in [2.75, 3.05) is 36.5 Å². The predicted octanol–water partition coefficient (Wildman–Crippen LogP) is 3.21. The molecule has 2 saturated heterocycles. The van der Waals surface area contributed by atoms with E-state index in [1.165, 1.54) is 15.3 Å². The first-order chi connectivity index (χ1) is 14.9. The molecule has 0 aromatic heterocycles. The van der Waals surface area contributed by atoms with Crippen molar-refractivity contribution in [1.29, 1.82) is 0 Å². The fourth-order valence-electron chi connectivity index (χ4n) is 3.71. The van der Waals surface area contributed by atoms with E-state index < -0.39 is 32.7 Å². The maximum absolute atomic E-state index is 14.4. The number of hydrogen-bond donors (Lipinski definition) is 1. The quantitative estimate of drug-likeness (QED) is 0.759. The molecular formula is C21H22FN3O5S. The molecule has 0 saturated carbocycles. The molecule has 0 spiro atoms. The van der Waals surface area contributed by atoms with E-state index in [4.69, 9.17) is 4.74 Å². The molecule has 4 rings (SSSR count). The highest BCUT2D eigenvalue weighted by Gasteiger charge is 2.30. The number of piperidine rings is 1. The van der Waals surface area contributed by atoms with Crippen molar-refractivity contribution in [1.82, 2.24) is 4.31 Å². The van der Waals surface area contributed by atoms with Crippen molar-refractivity contribution in [3.63, 3.8) is 0 Å². The zero-order valence-electron chi connectivity index (χ0n) is 16.7. The van der Waals surface area contributed by atoms with Crippen molar-refractivity contribution in [3.05, 3.63) is 53.8 Å². The van der Waals surface area contributed by atoms with E-state index in [0.29, 0.717) is 31.0 Å². The zero-order valence-corrected chi connectivity index (χ0v) is 17.5. The van der Waals surface area contributed by atoms with Gasteiger partial charge in [-0.05, 0) is 43.2 Å². The Bertz CT molecular complexity index is 1120. The first-order valence-electron chi connectivity index (χ1n) is 10.0. The van der Waals surface area contributed by atoms with E-state index in [9.17, 15) is 22.4 Å². The summed E-state index contributed by atoms with van der Waals surface area (Å²) in [4.78, 5) is 25.6. The minimum atomic E-state index is -4.04. The Labute approximate surface area is 179 Å². The lowest BCUT2D eigenvalue weighted by Gasteiger charge is -2.26. The molecule has 0 unspecified atom stereocenters. The summed E-state index contributed by atoms with van der Waals surface area (Å²) < 4.78 is 46.4. The van der Waals surface area contributed by atoms with Crippen LogP contribution in [-0.4, -0.2) is 51.0 Å². The molecule has 2 aromatic carbocycles. The lowest BCUT2D eigenvalue weighted by atomic mass is 10.2. The highest BCUT2D eigenvalue weighted by atomic mass is 32.2. The number of ether oxygens (including phenoxy) is 1. The molecule has 0 radical (unpaired) electrons. The molecule has 0 aliphatic carbocycles. The maximum atomic E-state index is 14.4. The number of sulfonamides is 1. The minimum absolute atomic E-state index is 0.00390. The van der Waals surface area contributed by atoms with Gasteiger partial charge in [-0.2, -0.15) is 4.31 Å². The van der Waals surface area contributed by atoms with Crippen LogP contribution in [-0.2, 0) is 14.8 Å². The molecule has 2 aromatic rings. The normalized spacial score (nSPS) is 17.5. The number of halogens is 1. The number of anilines is 2. The fraction of sp³-hybridized carbons (Fsp3) is 0.333. The summed E-state index contributed by atoms with van der Waals surface area (Å²) in [5.41, 5.74) is 0.813. The van der Waals surface area contributed by atoms with E-state index in [1.807, 2.05) is 0 Å². The number of nitrogens with one attached hydrogen (secondary N) is 1. The predicted molar refractivity (Wildman–Crippen MR) is 112 cm³/mol. The zero-order chi connectivity index (χ0) is 22.0. The SMILES string of the molecule is O=C(Nc1ccccc1N1CCOC1=O)c1ccc(F)c(S(=O)(=O)N2CCCCC2)c1. The second-order valence-corrected chi connectivity index (χ2v) is 9.25. The third kappa shape index (κ3) is 4.26. The topological polar surface area (TPSA) is 96.0 Å². The Morgan fingerprint density at radius 1 is 1.03 bits per heavy atom. The van der Waals surface area contributed by atoms with Gasteiger partial charge in [-0.25, -0.2) is 17.6 Å².